The zero-order chi connectivity index (χ0) is 19.6. The first kappa shape index (κ1) is 18.6. The van der Waals surface area contributed by atoms with Gasteiger partial charge in [0.2, 0.25) is 11.6 Å². The number of benzene rings is 1. The summed E-state index contributed by atoms with van der Waals surface area (Å²) in [4.78, 5) is 12.0. The molecular weight excluding hydrogens is 376 g/mol. The molecule has 0 amide bonds. The topological polar surface area (TPSA) is 125 Å². The van der Waals surface area contributed by atoms with E-state index in [1.807, 2.05) is 0 Å². The first-order valence-corrected chi connectivity index (χ1v) is 7.55. The van der Waals surface area contributed by atoms with Crippen molar-refractivity contribution < 1.29 is 26.7 Å². The molecule has 0 saturated carbocycles. The van der Waals surface area contributed by atoms with Crippen LogP contribution in [0.15, 0.2) is 32.1 Å². The van der Waals surface area contributed by atoms with Gasteiger partial charge in [-0.25, -0.2) is 18.4 Å². The van der Waals surface area contributed by atoms with Crippen molar-refractivity contribution in [3.8, 4) is 17.2 Å². The first-order chi connectivity index (χ1) is 12.8. The highest BCUT2D eigenvalue weighted by molar-refractivity contribution is 5.66. The minimum atomic E-state index is -4.95. The van der Waals surface area contributed by atoms with Crippen molar-refractivity contribution in [2.24, 2.45) is 5.73 Å². The Hall–Kier alpha value is -3.22. The van der Waals surface area contributed by atoms with E-state index in [4.69, 9.17) is 5.73 Å². The quantitative estimate of drug-likeness (QED) is 0.484. The van der Waals surface area contributed by atoms with Crippen molar-refractivity contribution >= 4 is 5.82 Å². The summed E-state index contributed by atoms with van der Waals surface area (Å²) in [5.74, 6) is -2.76. The molecule has 0 saturated heterocycles. The van der Waals surface area contributed by atoms with Crippen LogP contribution in [-0.4, -0.2) is 33.1 Å². The van der Waals surface area contributed by atoms with Crippen molar-refractivity contribution in [3.63, 3.8) is 0 Å². The van der Waals surface area contributed by atoms with Crippen molar-refractivity contribution in [2.45, 2.75) is 12.6 Å². The van der Waals surface area contributed by atoms with Crippen molar-refractivity contribution in [1.82, 2.24) is 20.0 Å². The van der Waals surface area contributed by atoms with Gasteiger partial charge in [-0.15, -0.1) is 0 Å². The second kappa shape index (κ2) is 7.19. The number of alkyl halides is 3. The molecule has 0 fully saturated rings. The third kappa shape index (κ3) is 3.67. The Labute approximate surface area is 147 Å². The number of nitrogens with zero attached hydrogens (tertiary/aromatic N) is 4. The van der Waals surface area contributed by atoms with E-state index >= 15 is 0 Å². The highest BCUT2D eigenvalue weighted by Crippen LogP contribution is 2.33. The predicted molar refractivity (Wildman–Crippen MR) is 82.5 cm³/mol. The minimum absolute atomic E-state index is 0.0734. The van der Waals surface area contributed by atoms with Gasteiger partial charge in [0.05, 0.1) is 11.3 Å². The van der Waals surface area contributed by atoms with Crippen molar-refractivity contribution in [1.29, 1.82) is 0 Å². The standard InChI is InChI=1S/C14H12F4N6O3/c15-9-3-2-7(6-8(9)14(16,17)18)24-12(23-26-13(24)25)10-11(22-27-21-10)20-5-1-4-19/h2-3,6H,1,4-5,19H2,(H,20,22). The number of nitrogens with two attached hydrogens (primary N) is 1. The number of hydrogen-bond donors (Lipinski definition) is 2. The highest BCUT2D eigenvalue weighted by atomic mass is 19.4. The van der Waals surface area contributed by atoms with Gasteiger partial charge in [-0.3, -0.25) is 4.52 Å². The van der Waals surface area contributed by atoms with E-state index in [1.165, 1.54) is 0 Å². The van der Waals surface area contributed by atoms with Crippen LogP contribution in [0.25, 0.3) is 17.2 Å². The summed E-state index contributed by atoms with van der Waals surface area (Å²) >= 11 is 0. The largest absolute Gasteiger partial charge is 0.446 e. The zero-order valence-corrected chi connectivity index (χ0v) is 13.5. The smallest absolute Gasteiger partial charge is 0.365 e. The fourth-order valence-electron chi connectivity index (χ4n) is 2.26. The van der Waals surface area contributed by atoms with Crippen LogP contribution in [0.3, 0.4) is 0 Å². The van der Waals surface area contributed by atoms with E-state index in [2.05, 4.69) is 29.9 Å². The molecule has 0 aliphatic carbocycles. The second-order valence-electron chi connectivity index (χ2n) is 5.30. The summed E-state index contributed by atoms with van der Waals surface area (Å²) in [6, 6.07) is 2.02. The molecular formula is C14H12F4N6O3. The van der Waals surface area contributed by atoms with Crippen molar-refractivity contribution in [2.75, 3.05) is 18.4 Å². The maximum Gasteiger partial charge on any atom is 0.446 e. The lowest BCUT2D eigenvalue weighted by atomic mass is 10.1. The summed E-state index contributed by atoms with van der Waals surface area (Å²) in [5.41, 5.74) is 3.45. The van der Waals surface area contributed by atoms with Gasteiger partial charge in [-0.1, -0.05) is 5.16 Å². The molecule has 0 aliphatic heterocycles. The lowest BCUT2D eigenvalue weighted by molar-refractivity contribution is -0.140. The molecule has 9 nitrogen and oxygen atoms in total. The molecule has 1 aromatic carbocycles. The molecule has 2 aromatic heterocycles. The Kier molecular flexibility index (Phi) is 4.94. The number of aromatic nitrogens is 4. The molecule has 0 spiro atoms. The van der Waals surface area contributed by atoms with Gasteiger partial charge < -0.3 is 11.1 Å². The molecule has 3 rings (SSSR count). The van der Waals surface area contributed by atoms with Gasteiger partial charge in [-0.05, 0) is 41.5 Å². The number of anilines is 1. The van der Waals surface area contributed by atoms with Crippen LogP contribution in [0.2, 0.25) is 0 Å². The van der Waals surface area contributed by atoms with Gasteiger partial charge in [-0.2, -0.15) is 13.2 Å². The van der Waals surface area contributed by atoms with Crippen LogP contribution < -0.4 is 16.8 Å². The molecule has 0 unspecified atom stereocenters. The Balaban J connectivity index is 2.08. The van der Waals surface area contributed by atoms with Gasteiger partial charge in [0.15, 0.2) is 5.69 Å². The molecule has 144 valence electrons. The second-order valence-corrected chi connectivity index (χ2v) is 5.30. The molecule has 0 atom stereocenters. The molecule has 0 radical (unpaired) electrons. The molecule has 3 N–H and O–H groups in total. The third-order valence-electron chi connectivity index (χ3n) is 3.49. The first-order valence-electron chi connectivity index (χ1n) is 7.55. The van der Waals surface area contributed by atoms with Crippen molar-refractivity contribution in [3.05, 3.63) is 40.1 Å². The lowest BCUT2D eigenvalue weighted by Crippen LogP contribution is -2.16. The predicted octanol–water partition coefficient (Wildman–Crippen LogP) is 1.79. The molecule has 13 heteroatoms. The zero-order valence-electron chi connectivity index (χ0n) is 13.5. The van der Waals surface area contributed by atoms with E-state index in [-0.39, 0.29) is 23.0 Å². The van der Waals surface area contributed by atoms with Gasteiger partial charge in [0.1, 0.15) is 5.82 Å². The maximum absolute atomic E-state index is 13.5. The molecule has 0 bridgehead atoms. The minimum Gasteiger partial charge on any atom is -0.365 e. The Morgan fingerprint density at radius 1 is 1.22 bits per heavy atom. The Morgan fingerprint density at radius 2 is 2.00 bits per heavy atom. The van der Waals surface area contributed by atoms with Crippen LogP contribution in [0.5, 0.6) is 0 Å². The summed E-state index contributed by atoms with van der Waals surface area (Å²) in [6.45, 7) is 0.798. The summed E-state index contributed by atoms with van der Waals surface area (Å²) in [6.07, 6.45) is -4.36. The van der Waals surface area contributed by atoms with E-state index < -0.39 is 23.3 Å². The van der Waals surface area contributed by atoms with Gasteiger partial charge >= 0.3 is 11.9 Å². The maximum atomic E-state index is 13.5. The van der Waals surface area contributed by atoms with Crippen LogP contribution >= 0.6 is 0 Å². The average Bonchev–Trinajstić information content (AvgIpc) is 3.21. The Bertz CT molecular complexity index is 993. The monoisotopic (exact) mass is 388 g/mol. The van der Waals surface area contributed by atoms with Crippen LogP contribution in [0, 0.1) is 5.82 Å². The molecule has 27 heavy (non-hydrogen) atoms. The summed E-state index contributed by atoms with van der Waals surface area (Å²) in [7, 11) is 0. The van der Waals surface area contributed by atoms with Crippen LogP contribution in [-0.2, 0) is 6.18 Å². The van der Waals surface area contributed by atoms with E-state index in [9.17, 15) is 22.4 Å². The summed E-state index contributed by atoms with van der Waals surface area (Å²) < 4.78 is 62.2. The molecule has 3 aromatic rings. The average molecular weight is 388 g/mol. The fourth-order valence-corrected chi connectivity index (χ4v) is 2.26. The third-order valence-corrected chi connectivity index (χ3v) is 3.49. The normalized spacial score (nSPS) is 11.7. The number of halogens is 4. The number of hydrogen-bond acceptors (Lipinski definition) is 8. The highest BCUT2D eigenvalue weighted by Gasteiger charge is 2.35. The van der Waals surface area contributed by atoms with Crippen LogP contribution in [0.1, 0.15) is 12.0 Å². The van der Waals surface area contributed by atoms with E-state index in [1.54, 1.807) is 0 Å². The van der Waals surface area contributed by atoms with Gasteiger partial charge in [0.25, 0.3) is 0 Å². The lowest BCUT2D eigenvalue weighted by Gasteiger charge is -2.10. The SMILES string of the molecule is NCCCNc1nonc1-c1noc(=O)n1-c1ccc(F)c(C(F)(F)F)c1. The van der Waals surface area contributed by atoms with E-state index in [0.29, 0.717) is 36.2 Å². The fraction of sp³-hybridized carbons (Fsp3) is 0.286. The van der Waals surface area contributed by atoms with Gasteiger partial charge in [0, 0.05) is 6.54 Å². The Morgan fingerprint density at radius 3 is 2.70 bits per heavy atom. The van der Waals surface area contributed by atoms with E-state index in [0.717, 1.165) is 6.07 Å². The summed E-state index contributed by atoms with van der Waals surface area (Å²) in [5, 5.41) is 13.6. The molecule has 0 aliphatic rings. The number of rotatable bonds is 6. The number of nitrogens with one attached hydrogen (secondary N) is 1. The molecule has 2 heterocycles. The van der Waals surface area contributed by atoms with Crippen LogP contribution in [0.4, 0.5) is 23.4 Å².